The number of nitrogens with zero attached hydrogens (tertiary/aromatic N) is 2. The fourth-order valence-corrected chi connectivity index (χ4v) is 2.62. The Hall–Kier alpha value is -1.88. The summed E-state index contributed by atoms with van der Waals surface area (Å²) in [4.78, 5) is 4.54. The Kier molecular flexibility index (Phi) is 3.69. The molecule has 106 valence electrons. The first kappa shape index (κ1) is 13.1. The van der Waals surface area contributed by atoms with Crippen molar-refractivity contribution in [1.82, 2.24) is 10.1 Å². The van der Waals surface area contributed by atoms with Crippen LogP contribution in [-0.4, -0.2) is 23.3 Å². The third kappa shape index (κ3) is 2.29. The van der Waals surface area contributed by atoms with Crippen molar-refractivity contribution in [2.24, 2.45) is 5.73 Å². The van der Waals surface area contributed by atoms with Crippen LogP contribution in [0.15, 0.2) is 28.8 Å². The number of fused-ring (bicyclic) bond motifs is 1. The van der Waals surface area contributed by atoms with Gasteiger partial charge in [-0.2, -0.15) is 4.98 Å². The predicted octanol–water partition coefficient (Wildman–Crippen LogP) is 2.44. The predicted molar refractivity (Wildman–Crippen MR) is 74.8 cm³/mol. The van der Waals surface area contributed by atoms with Gasteiger partial charge < -0.3 is 15.0 Å². The Balaban J connectivity index is 1.84. The van der Waals surface area contributed by atoms with Gasteiger partial charge in [-0.25, -0.2) is 0 Å². The second kappa shape index (κ2) is 5.63. The lowest BCUT2D eigenvalue weighted by molar-refractivity contribution is 0.325. The van der Waals surface area contributed by atoms with Crippen LogP contribution < -0.4 is 10.5 Å². The second-order valence-electron chi connectivity index (χ2n) is 5.11. The summed E-state index contributed by atoms with van der Waals surface area (Å²) in [5.41, 5.74) is 6.90. The van der Waals surface area contributed by atoms with Crippen molar-refractivity contribution in [2.45, 2.75) is 31.6 Å². The van der Waals surface area contributed by atoms with Crippen molar-refractivity contribution in [3.05, 3.63) is 41.5 Å². The highest BCUT2D eigenvalue weighted by atomic mass is 16.5. The number of ether oxygens (including phenoxy) is 1. The van der Waals surface area contributed by atoms with Crippen molar-refractivity contribution in [2.75, 3.05) is 13.2 Å². The van der Waals surface area contributed by atoms with Crippen LogP contribution in [0.3, 0.4) is 0 Å². The Labute approximate surface area is 118 Å². The highest BCUT2D eigenvalue weighted by Gasteiger charge is 2.30. The van der Waals surface area contributed by atoms with E-state index in [-0.39, 0.29) is 11.8 Å². The average Bonchev–Trinajstić information content (AvgIpc) is 3.11. The van der Waals surface area contributed by atoms with E-state index in [2.05, 4.69) is 23.1 Å². The van der Waals surface area contributed by atoms with Gasteiger partial charge in [0.05, 0.1) is 11.8 Å². The zero-order chi connectivity index (χ0) is 13.9. The molecule has 1 aliphatic heterocycles. The van der Waals surface area contributed by atoms with Crippen LogP contribution in [0.2, 0.25) is 0 Å². The molecule has 2 unspecified atom stereocenters. The van der Waals surface area contributed by atoms with Gasteiger partial charge in [-0.15, -0.1) is 0 Å². The summed E-state index contributed by atoms with van der Waals surface area (Å²) in [6.45, 7) is 3.23. The molecular weight excluding hydrogens is 254 g/mol. The van der Waals surface area contributed by atoms with Gasteiger partial charge in [0.25, 0.3) is 0 Å². The fraction of sp³-hybridized carbons (Fsp3) is 0.467. The molecule has 0 spiro atoms. The topological polar surface area (TPSA) is 74.2 Å². The summed E-state index contributed by atoms with van der Waals surface area (Å²) >= 11 is 0. The van der Waals surface area contributed by atoms with E-state index in [9.17, 15) is 0 Å². The Morgan fingerprint density at radius 3 is 3.05 bits per heavy atom. The van der Waals surface area contributed by atoms with Gasteiger partial charge in [0.1, 0.15) is 12.4 Å². The van der Waals surface area contributed by atoms with Gasteiger partial charge in [-0.3, -0.25) is 0 Å². The zero-order valence-electron chi connectivity index (χ0n) is 11.6. The molecular formula is C15H19N3O2. The number of aromatic nitrogens is 2. The van der Waals surface area contributed by atoms with Crippen LogP contribution in [0.5, 0.6) is 5.75 Å². The summed E-state index contributed by atoms with van der Waals surface area (Å²) in [5, 5.41) is 4.13. The lowest BCUT2D eigenvalue weighted by atomic mass is 10.0. The molecule has 2 aromatic rings. The quantitative estimate of drug-likeness (QED) is 0.905. The van der Waals surface area contributed by atoms with Crippen molar-refractivity contribution in [3.8, 4) is 5.75 Å². The van der Waals surface area contributed by atoms with Crippen LogP contribution in [-0.2, 0) is 0 Å². The first-order valence-electron chi connectivity index (χ1n) is 7.08. The molecule has 0 saturated heterocycles. The smallest absolute Gasteiger partial charge is 0.231 e. The standard InChI is InChI=1S/C15H19N3O2/c1-2-5-10(8-16)15-17-14(18-20-15)12-9-19-13-7-4-3-6-11(12)13/h3-4,6-7,10,12H,2,5,8-9,16H2,1H3. The van der Waals surface area contributed by atoms with E-state index in [1.807, 2.05) is 18.2 Å². The van der Waals surface area contributed by atoms with Crippen LogP contribution in [0.25, 0.3) is 0 Å². The summed E-state index contributed by atoms with van der Waals surface area (Å²) in [6, 6.07) is 7.99. The van der Waals surface area contributed by atoms with E-state index in [1.165, 1.54) is 0 Å². The van der Waals surface area contributed by atoms with Crippen LogP contribution in [0.4, 0.5) is 0 Å². The molecule has 0 bridgehead atoms. The number of benzene rings is 1. The molecule has 0 fully saturated rings. The maximum Gasteiger partial charge on any atom is 0.231 e. The number of rotatable bonds is 5. The van der Waals surface area contributed by atoms with Crippen molar-refractivity contribution in [1.29, 1.82) is 0 Å². The largest absolute Gasteiger partial charge is 0.492 e. The molecule has 20 heavy (non-hydrogen) atoms. The molecule has 1 aromatic carbocycles. The molecule has 0 aliphatic carbocycles. The van der Waals surface area contributed by atoms with Crippen molar-refractivity contribution < 1.29 is 9.26 Å². The number of hydrogen-bond donors (Lipinski definition) is 1. The van der Waals surface area contributed by atoms with Gasteiger partial charge in [0.2, 0.25) is 5.89 Å². The monoisotopic (exact) mass is 273 g/mol. The number of nitrogens with two attached hydrogens (primary N) is 1. The van der Waals surface area contributed by atoms with Crippen LogP contribution >= 0.6 is 0 Å². The molecule has 2 heterocycles. The molecule has 1 aromatic heterocycles. The van der Waals surface area contributed by atoms with E-state index in [0.717, 1.165) is 24.2 Å². The van der Waals surface area contributed by atoms with E-state index in [1.54, 1.807) is 0 Å². The Bertz CT molecular complexity index is 582. The molecule has 0 radical (unpaired) electrons. The zero-order valence-corrected chi connectivity index (χ0v) is 11.6. The van der Waals surface area contributed by atoms with Gasteiger partial charge in [0.15, 0.2) is 5.82 Å². The van der Waals surface area contributed by atoms with Crippen molar-refractivity contribution in [3.63, 3.8) is 0 Å². The van der Waals surface area contributed by atoms with E-state index < -0.39 is 0 Å². The lowest BCUT2D eigenvalue weighted by Crippen LogP contribution is -2.13. The van der Waals surface area contributed by atoms with Crippen LogP contribution in [0.1, 0.15) is 48.9 Å². The highest BCUT2D eigenvalue weighted by molar-refractivity contribution is 5.42. The summed E-state index contributed by atoms with van der Waals surface area (Å²) in [5.74, 6) is 2.46. The summed E-state index contributed by atoms with van der Waals surface area (Å²) in [7, 11) is 0. The fourth-order valence-electron chi connectivity index (χ4n) is 2.62. The van der Waals surface area contributed by atoms with Gasteiger partial charge in [0, 0.05) is 12.1 Å². The number of hydrogen-bond acceptors (Lipinski definition) is 5. The molecule has 3 rings (SSSR count). The Morgan fingerprint density at radius 1 is 1.40 bits per heavy atom. The minimum absolute atomic E-state index is 0.0590. The molecule has 5 nitrogen and oxygen atoms in total. The van der Waals surface area contributed by atoms with Gasteiger partial charge in [-0.05, 0) is 12.5 Å². The van der Waals surface area contributed by atoms with Crippen molar-refractivity contribution >= 4 is 0 Å². The van der Waals surface area contributed by atoms with E-state index >= 15 is 0 Å². The maximum atomic E-state index is 5.78. The highest BCUT2D eigenvalue weighted by Crippen LogP contribution is 2.36. The van der Waals surface area contributed by atoms with Gasteiger partial charge in [-0.1, -0.05) is 36.7 Å². The molecule has 1 aliphatic rings. The minimum atomic E-state index is 0.0590. The molecule has 5 heteroatoms. The van der Waals surface area contributed by atoms with Crippen LogP contribution in [0, 0.1) is 0 Å². The summed E-state index contributed by atoms with van der Waals surface area (Å²) < 4.78 is 11.1. The maximum absolute atomic E-state index is 5.78. The third-order valence-corrected chi connectivity index (χ3v) is 3.74. The van der Waals surface area contributed by atoms with E-state index in [4.69, 9.17) is 15.0 Å². The molecule has 2 atom stereocenters. The summed E-state index contributed by atoms with van der Waals surface area (Å²) in [6.07, 6.45) is 2.02. The first-order valence-corrected chi connectivity index (χ1v) is 7.08. The molecule has 0 amide bonds. The first-order chi connectivity index (χ1) is 9.83. The SMILES string of the molecule is CCCC(CN)c1nc(C2COc3ccccc32)no1. The third-order valence-electron chi connectivity index (χ3n) is 3.74. The normalized spacial score (nSPS) is 18.6. The number of para-hydroxylation sites is 1. The molecule has 0 saturated carbocycles. The molecule has 2 N–H and O–H groups in total. The lowest BCUT2D eigenvalue weighted by Gasteiger charge is -2.07. The Morgan fingerprint density at radius 2 is 2.25 bits per heavy atom. The second-order valence-corrected chi connectivity index (χ2v) is 5.11. The minimum Gasteiger partial charge on any atom is -0.492 e. The van der Waals surface area contributed by atoms with E-state index in [0.29, 0.717) is 24.9 Å². The van der Waals surface area contributed by atoms with Gasteiger partial charge >= 0.3 is 0 Å². The average molecular weight is 273 g/mol.